The van der Waals surface area contributed by atoms with Gasteiger partial charge in [-0.25, -0.2) is 9.18 Å². The summed E-state index contributed by atoms with van der Waals surface area (Å²) in [4.78, 5) is 26.4. The average molecular weight is 536 g/mol. The molecule has 0 radical (unpaired) electrons. The Balaban J connectivity index is 1.19. The molecule has 39 heavy (non-hydrogen) atoms. The molecule has 0 spiro atoms. The fourth-order valence-electron chi connectivity index (χ4n) is 4.11. The van der Waals surface area contributed by atoms with E-state index in [4.69, 9.17) is 14.2 Å². The molecule has 3 aromatic rings. The normalized spacial score (nSPS) is 10.7. The minimum Gasteiger partial charge on any atom is -0.494 e. The second-order valence-electron chi connectivity index (χ2n) is 9.54. The number of benzene rings is 2. The minimum atomic E-state index is -1.09. The predicted molar refractivity (Wildman–Crippen MR) is 150 cm³/mol. The Bertz CT molecular complexity index is 1150. The maximum Gasteiger partial charge on any atom is 0.379 e. The number of hydrogen-bond acceptors (Lipinski definition) is 6. The average Bonchev–Trinajstić information content (AvgIpc) is 2.95. The first-order valence-electron chi connectivity index (χ1n) is 13.8. The Hall–Kier alpha value is -3.74. The van der Waals surface area contributed by atoms with Gasteiger partial charge >= 0.3 is 5.97 Å². The number of hydrogen-bond donors (Lipinski definition) is 0. The van der Waals surface area contributed by atoms with Gasteiger partial charge in [-0.15, -0.1) is 0 Å². The van der Waals surface area contributed by atoms with E-state index in [1.807, 2.05) is 36.4 Å². The molecule has 0 N–H and O–H groups in total. The van der Waals surface area contributed by atoms with Crippen LogP contribution in [-0.2, 0) is 9.59 Å². The summed E-state index contributed by atoms with van der Waals surface area (Å²) in [6, 6.07) is 15.5. The van der Waals surface area contributed by atoms with Crippen LogP contribution in [0.5, 0.6) is 17.2 Å². The van der Waals surface area contributed by atoms with Gasteiger partial charge < -0.3 is 14.2 Å². The third-order valence-corrected chi connectivity index (χ3v) is 6.32. The zero-order valence-corrected chi connectivity index (χ0v) is 22.7. The Morgan fingerprint density at radius 2 is 1.28 bits per heavy atom. The smallest absolute Gasteiger partial charge is 0.379 e. The second kappa shape index (κ2) is 17.0. The zero-order valence-electron chi connectivity index (χ0n) is 22.7. The van der Waals surface area contributed by atoms with Crippen molar-refractivity contribution in [2.75, 3.05) is 13.2 Å². The highest BCUT2D eigenvalue weighted by molar-refractivity contribution is 6.33. The van der Waals surface area contributed by atoms with Crippen molar-refractivity contribution >= 4 is 11.8 Å². The molecule has 0 saturated carbocycles. The van der Waals surface area contributed by atoms with Crippen LogP contribution in [-0.4, -0.2) is 30.0 Å². The van der Waals surface area contributed by atoms with Crippen molar-refractivity contribution in [3.05, 3.63) is 72.8 Å². The van der Waals surface area contributed by atoms with Gasteiger partial charge in [0.1, 0.15) is 11.5 Å². The standard InChI is InChI=1S/C32H38FNO5/c1-25(35)32(36)39-31-19-16-27(23-30(31)33)26-14-17-28(18-15-26)37-21-10-8-6-4-2-3-5-7-9-11-22-38-29-13-12-20-34-24-29/h12-20,23-24H,2-11,21-22H2,1H3. The molecule has 0 aliphatic rings. The maximum atomic E-state index is 14.3. The fourth-order valence-corrected chi connectivity index (χ4v) is 4.11. The summed E-state index contributed by atoms with van der Waals surface area (Å²) in [6.45, 7) is 2.51. The van der Waals surface area contributed by atoms with Crippen molar-refractivity contribution in [3.8, 4) is 28.4 Å². The molecular formula is C32H38FNO5. The summed E-state index contributed by atoms with van der Waals surface area (Å²) >= 11 is 0. The number of carbonyl (C=O) groups is 2. The molecule has 0 amide bonds. The van der Waals surface area contributed by atoms with Crippen LogP contribution in [0.25, 0.3) is 11.1 Å². The highest BCUT2D eigenvalue weighted by Gasteiger charge is 2.14. The van der Waals surface area contributed by atoms with E-state index in [-0.39, 0.29) is 5.75 Å². The van der Waals surface area contributed by atoms with Crippen LogP contribution in [0.3, 0.4) is 0 Å². The summed E-state index contributed by atoms with van der Waals surface area (Å²) in [5, 5.41) is 0. The van der Waals surface area contributed by atoms with E-state index in [1.165, 1.54) is 57.1 Å². The monoisotopic (exact) mass is 535 g/mol. The van der Waals surface area contributed by atoms with Crippen molar-refractivity contribution in [2.45, 2.75) is 71.1 Å². The number of Topliss-reactive ketones (excluding diaryl/α,β-unsaturated/α-hetero) is 1. The predicted octanol–water partition coefficient (Wildman–Crippen LogP) is 7.74. The molecule has 0 unspecified atom stereocenters. The van der Waals surface area contributed by atoms with Crippen molar-refractivity contribution in [2.24, 2.45) is 0 Å². The summed E-state index contributed by atoms with van der Waals surface area (Å²) in [5.74, 6) is -1.22. The second-order valence-corrected chi connectivity index (χ2v) is 9.54. The summed E-state index contributed by atoms with van der Waals surface area (Å²) < 4.78 is 30.5. The first-order valence-corrected chi connectivity index (χ1v) is 13.8. The van der Waals surface area contributed by atoms with E-state index < -0.39 is 17.6 Å². The quantitative estimate of drug-likeness (QED) is 0.0718. The van der Waals surface area contributed by atoms with E-state index in [1.54, 1.807) is 18.5 Å². The molecular weight excluding hydrogens is 497 g/mol. The number of halogens is 1. The number of rotatable bonds is 18. The van der Waals surface area contributed by atoms with Crippen molar-refractivity contribution < 1.29 is 28.2 Å². The number of esters is 1. The van der Waals surface area contributed by atoms with E-state index in [0.29, 0.717) is 12.2 Å². The zero-order chi connectivity index (χ0) is 27.7. The van der Waals surface area contributed by atoms with Gasteiger partial charge in [0.2, 0.25) is 5.78 Å². The molecule has 3 rings (SSSR count). The molecule has 6 nitrogen and oxygen atoms in total. The van der Waals surface area contributed by atoms with Crippen molar-refractivity contribution in [1.82, 2.24) is 4.98 Å². The van der Waals surface area contributed by atoms with Gasteiger partial charge in [0.15, 0.2) is 11.6 Å². The molecule has 0 bridgehead atoms. The van der Waals surface area contributed by atoms with Gasteiger partial charge in [0.05, 0.1) is 19.4 Å². The van der Waals surface area contributed by atoms with Crippen LogP contribution in [0.15, 0.2) is 67.0 Å². The first kappa shape index (κ1) is 29.8. The first-order chi connectivity index (χ1) is 19.0. The van der Waals surface area contributed by atoms with Crippen LogP contribution < -0.4 is 14.2 Å². The molecule has 0 aliphatic carbocycles. The number of aromatic nitrogens is 1. The van der Waals surface area contributed by atoms with Crippen LogP contribution in [0.1, 0.15) is 71.1 Å². The van der Waals surface area contributed by atoms with Crippen LogP contribution in [0, 0.1) is 5.82 Å². The fraction of sp³-hybridized carbons (Fsp3) is 0.406. The van der Waals surface area contributed by atoms with E-state index >= 15 is 0 Å². The molecule has 1 heterocycles. The summed E-state index contributed by atoms with van der Waals surface area (Å²) in [5.41, 5.74) is 1.44. The van der Waals surface area contributed by atoms with Gasteiger partial charge in [-0.3, -0.25) is 9.78 Å². The van der Waals surface area contributed by atoms with Crippen LogP contribution in [0.4, 0.5) is 4.39 Å². The molecule has 1 aromatic heterocycles. The van der Waals surface area contributed by atoms with Crippen LogP contribution in [0.2, 0.25) is 0 Å². The maximum absolute atomic E-state index is 14.3. The third kappa shape index (κ3) is 11.3. The number of nitrogens with zero attached hydrogens (tertiary/aromatic N) is 1. The molecule has 2 aromatic carbocycles. The lowest BCUT2D eigenvalue weighted by molar-refractivity contribution is -0.146. The van der Waals surface area contributed by atoms with Gasteiger partial charge in [-0.1, -0.05) is 69.6 Å². The lowest BCUT2D eigenvalue weighted by atomic mass is 10.1. The summed E-state index contributed by atoms with van der Waals surface area (Å²) in [6.07, 6.45) is 15.6. The summed E-state index contributed by atoms with van der Waals surface area (Å²) in [7, 11) is 0. The molecule has 0 atom stereocenters. The van der Waals surface area contributed by atoms with Gasteiger partial charge in [0.25, 0.3) is 0 Å². The number of ketones is 1. The van der Waals surface area contributed by atoms with Crippen molar-refractivity contribution in [1.29, 1.82) is 0 Å². The van der Waals surface area contributed by atoms with Crippen LogP contribution >= 0.6 is 0 Å². The largest absolute Gasteiger partial charge is 0.494 e. The Kier molecular flexibility index (Phi) is 13.0. The van der Waals surface area contributed by atoms with E-state index in [9.17, 15) is 14.0 Å². The Morgan fingerprint density at radius 1 is 0.718 bits per heavy atom. The minimum absolute atomic E-state index is 0.266. The van der Waals surface area contributed by atoms with Gasteiger partial charge in [0, 0.05) is 13.1 Å². The highest BCUT2D eigenvalue weighted by Crippen LogP contribution is 2.27. The molecule has 0 aliphatic heterocycles. The molecule has 0 saturated heterocycles. The number of ether oxygens (including phenoxy) is 3. The lowest BCUT2D eigenvalue weighted by Crippen LogP contribution is -2.17. The van der Waals surface area contributed by atoms with Gasteiger partial charge in [-0.05, 0) is 60.4 Å². The van der Waals surface area contributed by atoms with E-state index in [2.05, 4.69) is 4.98 Å². The van der Waals surface area contributed by atoms with Gasteiger partial charge in [-0.2, -0.15) is 0 Å². The molecule has 7 heteroatoms. The Morgan fingerprint density at radius 3 is 1.82 bits per heavy atom. The van der Waals surface area contributed by atoms with Crippen molar-refractivity contribution in [3.63, 3.8) is 0 Å². The Labute approximate surface area is 230 Å². The molecule has 0 fully saturated rings. The number of carbonyl (C=O) groups excluding carboxylic acids is 2. The lowest BCUT2D eigenvalue weighted by Gasteiger charge is -2.09. The SMILES string of the molecule is CC(=O)C(=O)Oc1ccc(-c2ccc(OCCCCCCCCCCCCOc3cccnc3)cc2)cc1F. The highest BCUT2D eigenvalue weighted by atomic mass is 19.1. The number of pyridine rings is 1. The number of unbranched alkanes of at least 4 members (excludes halogenated alkanes) is 9. The topological polar surface area (TPSA) is 74.7 Å². The molecule has 208 valence electrons. The third-order valence-electron chi connectivity index (χ3n) is 6.32. The van der Waals surface area contributed by atoms with E-state index in [0.717, 1.165) is 49.9 Å².